The molecular formula is C27H23N5O3. The van der Waals surface area contributed by atoms with Crippen molar-refractivity contribution in [1.29, 1.82) is 0 Å². The van der Waals surface area contributed by atoms with Gasteiger partial charge in [-0.2, -0.15) is 4.98 Å². The minimum Gasteiger partial charge on any atom is -0.346 e. The van der Waals surface area contributed by atoms with Crippen LogP contribution in [0.5, 0.6) is 0 Å². The highest BCUT2D eigenvalue weighted by Gasteiger charge is 2.23. The molecule has 2 aromatic heterocycles. The Labute approximate surface area is 201 Å². The van der Waals surface area contributed by atoms with Crippen LogP contribution in [-0.4, -0.2) is 25.6 Å². The molecule has 8 nitrogen and oxygen atoms in total. The van der Waals surface area contributed by atoms with Crippen molar-refractivity contribution >= 4 is 16.9 Å². The van der Waals surface area contributed by atoms with Gasteiger partial charge < -0.3 is 14.4 Å². The first-order valence-corrected chi connectivity index (χ1v) is 11.2. The van der Waals surface area contributed by atoms with Crippen LogP contribution in [0.2, 0.25) is 0 Å². The van der Waals surface area contributed by atoms with Gasteiger partial charge in [-0.15, -0.1) is 0 Å². The number of carbonyl (C=O) groups is 1. The largest absolute Gasteiger partial charge is 0.346 e. The lowest BCUT2D eigenvalue weighted by Crippen LogP contribution is -2.29. The fourth-order valence-electron chi connectivity index (χ4n) is 4.11. The molecule has 0 aliphatic heterocycles. The van der Waals surface area contributed by atoms with E-state index in [1.54, 1.807) is 24.6 Å². The second-order valence-corrected chi connectivity index (χ2v) is 8.25. The van der Waals surface area contributed by atoms with Gasteiger partial charge >= 0.3 is 0 Å². The highest BCUT2D eigenvalue weighted by atomic mass is 16.5. The molecule has 0 atom stereocenters. The molecule has 3 aromatic carbocycles. The molecule has 2 heterocycles. The van der Waals surface area contributed by atoms with Crippen LogP contribution >= 0.6 is 0 Å². The minimum absolute atomic E-state index is 0.0987. The average molecular weight is 466 g/mol. The number of benzene rings is 3. The highest BCUT2D eigenvalue weighted by Crippen LogP contribution is 2.25. The summed E-state index contributed by atoms with van der Waals surface area (Å²) in [6, 6.07) is 24.7. The number of nitrogens with zero attached hydrogens (tertiary/aromatic N) is 4. The zero-order chi connectivity index (χ0) is 24.4. The van der Waals surface area contributed by atoms with Gasteiger partial charge in [0.15, 0.2) is 0 Å². The quantitative estimate of drug-likeness (QED) is 0.410. The number of hydrogen-bond acceptors (Lipinski definition) is 6. The van der Waals surface area contributed by atoms with Gasteiger partial charge in [0.05, 0.1) is 23.5 Å². The van der Waals surface area contributed by atoms with Crippen LogP contribution in [0.15, 0.2) is 88.2 Å². The Bertz CT molecular complexity index is 1520. The fourth-order valence-corrected chi connectivity index (χ4v) is 4.11. The molecule has 0 aliphatic carbocycles. The summed E-state index contributed by atoms with van der Waals surface area (Å²) in [5.41, 5.74) is 4.16. The third-order valence-corrected chi connectivity index (χ3v) is 5.91. The lowest BCUT2D eigenvalue weighted by molar-refractivity contribution is -0.122. The number of fused-ring (bicyclic) bond motifs is 1. The normalized spacial score (nSPS) is 11.2. The highest BCUT2D eigenvalue weighted by molar-refractivity contribution is 5.87. The molecule has 5 aromatic rings. The van der Waals surface area contributed by atoms with Crippen molar-refractivity contribution in [3.05, 3.63) is 112 Å². The SMILES string of the molecule is Cc1nc2cc(-c3noc(CNC(=O)C(c4ccccc4)c4ccccc4)n3)ccc2n(C)c1=O. The number of carbonyl (C=O) groups excluding carboxylic acids is 1. The van der Waals surface area contributed by atoms with E-state index in [2.05, 4.69) is 20.4 Å². The van der Waals surface area contributed by atoms with E-state index >= 15 is 0 Å². The lowest BCUT2D eigenvalue weighted by Gasteiger charge is -2.17. The Hall–Kier alpha value is -4.59. The van der Waals surface area contributed by atoms with Crippen LogP contribution < -0.4 is 10.9 Å². The zero-order valence-electron chi connectivity index (χ0n) is 19.3. The molecule has 35 heavy (non-hydrogen) atoms. The first kappa shape index (κ1) is 22.2. The van der Waals surface area contributed by atoms with Gasteiger partial charge in [-0.3, -0.25) is 9.59 Å². The standard InChI is InChI=1S/C27H23N5O3/c1-17-27(34)32(2)22-14-13-20(15-21(22)29-17)25-30-23(35-31-25)16-28-26(33)24(18-9-5-3-6-10-18)19-11-7-4-8-12-19/h3-15,24H,16H2,1-2H3,(H,28,33). The monoisotopic (exact) mass is 465 g/mol. The molecule has 0 saturated heterocycles. The maximum Gasteiger partial charge on any atom is 0.272 e. The fraction of sp³-hybridized carbons (Fsp3) is 0.148. The predicted molar refractivity (Wildman–Crippen MR) is 132 cm³/mol. The van der Waals surface area contributed by atoms with Crippen molar-refractivity contribution in [1.82, 2.24) is 25.0 Å². The van der Waals surface area contributed by atoms with E-state index < -0.39 is 5.92 Å². The Morgan fingerprint density at radius 3 is 2.29 bits per heavy atom. The minimum atomic E-state index is -0.457. The molecule has 0 unspecified atom stereocenters. The first-order valence-electron chi connectivity index (χ1n) is 11.2. The summed E-state index contributed by atoms with van der Waals surface area (Å²) in [4.78, 5) is 34.1. The van der Waals surface area contributed by atoms with E-state index in [1.165, 1.54) is 0 Å². The van der Waals surface area contributed by atoms with E-state index in [4.69, 9.17) is 4.52 Å². The van der Waals surface area contributed by atoms with Crippen LogP contribution in [-0.2, 0) is 18.4 Å². The Balaban J connectivity index is 1.35. The Morgan fingerprint density at radius 1 is 0.971 bits per heavy atom. The van der Waals surface area contributed by atoms with Crippen molar-refractivity contribution in [3.63, 3.8) is 0 Å². The van der Waals surface area contributed by atoms with Crippen molar-refractivity contribution in [2.75, 3.05) is 0 Å². The summed E-state index contributed by atoms with van der Waals surface area (Å²) in [7, 11) is 1.71. The Morgan fingerprint density at radius 2 is 1.63 bits per heavy atom. The van der Waals surface area contributed by atoms with E-state index in [1.807, 2.05) is 72.8 Å². The van der Waals surface area contributed by atoms with E-state index in [0.29, 0.717) is 28.1 Å². The summed E-state index contributed by atoms with van der Waals surface area (Å²) >= 11 is 0. The van der Waals surface area contributed by atoms with Gasteiger partial charge in [0.25, 0.3) is 5.56 Å². The maximum absolute atomic E-state index is 13.2. The summed E-state index contributed by atoms with van der Waals surface area (Å²) in [5, 5.41) is 6.99. The molecule has 1 N–H and O–H groups in total. The van der Waals surface area contributed by atoms with Crippen molar-refractivity contribution in [2.45, 2.75) is 19.4 Å². The lowest BCUT2D eigenvalue weighted by atomic mass is 9.90. The zero-order valence-corrected chi connectivity index (χ0v) is 19.3. The summed E-state index contributed by atoms with van der Waals surface area (Å²) in [6.45, 7) is 1.78. The molecule has 1 amide bonds. The number of aryl methyl sites for hydroxylation is 2. The molecule has 0 bridgehead atoms. The predicted octanol–water partition coefficient (Wildman–Crippen LogP) is 3.74. The van der Waals surface area contributed by atoms with Gasteiger partial charge in [-0.05, 0) is 36.2 Å². The number of amides is 1. The smallest absolute Gasteiger partial charge is 0.272 e. The van der Waals surface area contributed by atoms with Gasteiger partial charge in [-0.25, -0.2) is 4.98 Å². The van der Waals surface area contributed by atoms with Crippen LogP contribution in [0.3, 0.4) is 0 Å². The van der Waals surface area contributed by atoms with Gasteiger partial charge in [0.2, 0.25) is 17.6 Å². The maximum atomic E-state index is 13.2. The third-order valence-electron chi connectivity index (χ3n) is 5.91. The molecule has 0 aliphatic rings. The second kappa shape index (κ2) is 9.34. The molecular weight excluding hydrogens is 442 g/mol. The topological polar surface area (TPSA) is 103 Å². The van der Waals surface area contributed by atoms with Crippen LogP contribution in [0, 0.1) is 6.92 Å². The molecule has 0 saturated carbocycles. The summed E-state index contributed by atoms with van der Waals surface area (Å²) in [6.07, 6.45) is 0. The van der Waals surface area contributed by atoms with Gasteiger partial charge in [-0.1, -0.05) is 65.8 Å². The second-order valence-electron chi connectivity index (χ2n) is 8.25. The van der Waals surface area contributed by atoms with Crippen molar-refractivity contribution in [3.8, 4) is 11.4 Å². The van der Waals surface area contributed by atoms with E-state index in [-0.39, 0.29) is 23.9 Å². The van der Waals surface area contributed by atoms with Crippen molar-refractivity contribution < 1.29 is 9.32 Å². The Kier molecular flexibility index (Phi) is 5.93. The number of aromatic nitrogens is 4. The third kappa shape index (κ3) is 4.46. The first-order chi connectivity index (χ1) is 17.0. The number of rotatable bonds is 6. The molecule has 8 heteroatoms. The summed E-state index contributed by atoms with van der Waals surface area (Å²) in [5.74, 6) is 0.0553. The average Bonchev–Trinajstić information content (AvgIpc) is 3.36. The van der Waals surface area contributed by atoms with Gasteiger partial charge in [0, 0.05) is 12.6 Å². The number of hydrogen-bond donors (Lipinski definition) is 1. The number of nitrogens with one attached hydrogen (secondary N) is 1. The summed E-state index contributed by atoms with van der Waals surface area (Å²) < 4.78 is 6.95. The molecule has 5 rings (SSSR count). The molecule has 0 spiro atoms. The molecule has 0 fully saturated rings. The van der Waals surface area contributed by atoms with Crippen LogP contribution in [0.25, 0.3) is 22.4 Å². The van der Waals surface area contributed by atoms with E-state index in [9.17, 15) is 9.59 Å². The molecule has 174 valence electrons. The van der Waals surface area contributed by atoms with Crippen molar-refractivity contribution in [2.24, 2.45) is 7.05 Å². The van der Waals surface area contributed by atoms with Crippen LogP contribution in [0.4, 0.5) is 0 Å². The van der Waals surface area contributed by atoms with Crippen LogP contribution in [0.1, 0.15) is 28.6 Å². The van der Waals surface area contributed by atoms with E-state index in [0.717, 1.165) is 11.1 Å². The molecule has 0 radical (unpaired) electrons. The van der Waals surface area contributed by atoms with Gasteiger partial charge in [0.1, 0.15) is 5.69 Å².